The molecule has 1 saturated heterocycles. The highest BCUT2D eigenvalue weighted by atomic mass is 32.2. The summed E-state index contributed by atoms with van der Waals surface area (Å²) in [6.45, 7) is 6.68. The van der Waals surface area contributed by atoms with E-state index in [1.165, 1.54) is 16.6 Å². The molecule has 0 bridgehead atoms. The van der Waals surface area contributed by atoms with Crippen molar-refractivity contribution in [3.05, 3.63) is 46.9 Å². The van der Waals surface area contributed by atoms with E-state index in [1.807, 2.05) is 6.07 Å². The first-order valence-corrected chi connectivity index (χ1v) is 10.4. The molecule has 1 aromatic carbocycles. The van der Waals surface area contributed by atoms with E-state index in [-0.39, 0.29) is 0 Å². The lowest BCUT2D eigenvalue weighted by molar-refractivity contribution is 0.319. The van der Waals surface area contributed by atoms with Crippen LogP contribution in [0.2, 0.25) is 0 Å². The van der Waals surface area contributed by atoms with Crippen molar-refractivity contribution in [3.8, 4) is 0 Å². The SMILES string of the molecule is Cc1n[nH]c(C)c1S(=O)(=O)N1CCC(c2c(C)[nH]c3ccccc23)CC1. The summed E-state index contributed by atoms with van der Waals surface area (Å²) in [6, 6.07) is 8.33. The minimum Gasteiger partial charge on any atom is -0.358 e. The van der Waals surface area contributed by atoms with Crippen LogP contribution in [0.1, 0.15) is 41.4 Å². The predicted octanol–water partition coefficient (Wildman–Crippen LogP) is 3.38. The second-order valence-electron chi connectivity index (χ2n) is 7.15. The Morgan fingerprint density at radius 1 is 1.08 bits per heavy atom. The van der Waals surface area contributed by atoms with Crippen LogP contribution in [-0.2, 0) is 10.0 Å². The highest BCUT2D eigenvalue weighted by molar-refractivity contribution is 7.89. The number of para-hydroxylation sites is 1. The molecule has 0 amide bonds. The number of aromatic nitrogens is 3. The smallest absolute Gasteiger partial charge is 0.246 e. The van der Waals surface area contributed by atoms with Crippen molar-refractivity contribution >= 4 is 20.9 Å². The van der Waals surface area contributed by atoms with Crippen LogP contribution in [-0.4, -0.2) is 41.0 Å². The van der Waals surface area contributed by atoms with Gasteiger partial charge in [-0.05, 0) is 51.2 Å². The average Bonchev–Trinajstić information content (AvgIpc) is 3.13. The van der Waals surface area contributed by atoms with E-state index in [0.717, 1.165) is 18.4 Å². The Kier molecular flexibility index (Phi) is 4.16. The second-order valence-corrected chi connectivity index (χ2v) is 9.03. The molecule has 0 spiro atoms. The topological polar surface area (TPSA) is 81.8 Å². The lowest BCUT2D eigenvalue weighted by atomic mass is 9.88. The minimum atomic E-state index is -3.49. The molecule has 1 aliphatic rings. The zero-order valence-electron chi connectivity index (χ0n) is 15.3. The Hall–Kier alpha value is -2.12. The molecule has 1 fully saturated rings. The van der Waals surface area contributed by atoms with Gasteiger partial charge in [0.25, 0.3) is 0 Å². The van der Waals surface area contributed by atoms with E-state index in [4.69, 9.17) is 0 Å². The highest BCUT2D eigenvalue weighted by Crippen LogP contribution is 2.37. The summed E-state index contributed by atoms with van der Waals surface area (Å²) in [6.07, 6.45) is 1.66. The van der Waals surface area contributed by atoms with Gasteiger partial charge in [0, 0.05) is 29.7 Å². The van der Waals surface area contributed by atoms with Crippen LogP contribution in [0, 0.1) is 20.8 Å². The molecule has 0 radical (unpaired) electrons. The van der Waals surface area contributed by atoms with Crippen LogP contribution in [0.15, 0.2) is 29.2 Å². The predicted molar refractivity (Wildman–Crippen MR) is 102 cm³/mol. The molecule has 2 aromatic heterocycles. The van der Waals surface area contributed by atoms with Crippen molar-refractivity contribution in [2.75, 3.05) is 13.1 Å². The monoisotopic (exact) mass is 372 g/mol. The number of sulfonamides is 1. The van der Waals surface area contributed by atoms with Crippen molar-refractivity contribution in [1.82, 2.24) is 19.5 Å². The van der Waals surface area contributed by atoms with Crippen molar-refractivity contribution in [2.45, 2.75) is 44.4 Å². The van der Waals surface area contributed by atoms with Crippen molar-refractivity contribution < 1.29 is 8.42 Å². The van der Waals surface area contributed by atoms with E-state index in [1.54, 1.807) is 18.2 Å². The Morgan fingerprint density at radius 2 is 1.77 bits per heavy atom. The van der Waals surface area contributed by atoms with Gasteiger partial charge in [-0.2, -0.15) is 9.40 Å². The van der Waals surface area contributed by atoms with Gasteiger partial charge in [-0.3, -0.25) is 5.10 Å². The van der Waals surface area contributed by atoms with Gasteiger partial charge in [0.05, 0.1) is 11.4 Å². The molecule has 0 aliphatic carbocycles. The maximum Gasteiger partial charge on any atom is 0.246 e. The molecule has 26 heavy (non-hydrogen) atoms. The lowest BCUT2D eigenvalue weighted by Crippen LogP contribution is -2.38. The summed E-state index contributed by atoms with van der Waals surface area (Å²) in [5.41, 5.74) is 4.83. The van der Waals surface area contributed by atoms with Crippen LogP contribution in [0.3, 0.4) is 0 Å². The van der Waals surface area contributed by atoms with Crippen LogP contribution in [0.5, 0.6) is 0 Å². The number of benzene rings is 1. The normalized spacial score (nSPS) is 17.2. The minimum absolute atomic E-state index is 0.333. The van der Waals surface area contributed by atoms with Gasteiger partial charge in [0.2, 0.25) is 10.0 Å². The summed E-state index contributed by atoms with van der Waals surface area (Å²) in [5.74, 6) is 0.379. The molecule has 7 heteroatoms. The largest absolute Gasteiger partial charge is 0.358 e. The summed E-state index contributed by atoms with van der Waals surface area (Å²) in [4.78, 5) is 3.79. The number of piperidine rings is 1. The number of nitrogens with zero attached hydrogens (tertiary/aromatic N) is 2. The molecule has 2 N–H and O–H groups in total. The van der Waals surface area contributed by atoms with Gasteiger partial charge in [-0.1, -0.05) is 18.2 Å². The van der Waals surface area contributed by atoms with Gasteiger partial charge in [-0.15, -0.1) is 0 Å². The third-order valence-electron chi connectivity index (χ3n) is 5.46. The Labute approximate surface area is 153 Å². The van der Waals surface area contributed by atoms with E-state index in [0.29, 0.717) is 35.3 Å². The molecular weight excluding hydrogens is 348 g/mol. The van der Waals surface area contributed by atoms with E-state index in [2.05, 4.69) is 40.3 Å². The van der Waals surface area contributed by atoms with Gasteiger partial charge in [0.1, 0.15) is 4.90 Å². The summed E-state index contributed by atoms with van der Waals surface area (Å²) >= 11 is 0. The first kappa shape index (κ1) is 17.3. The van der Waals surface area contributed by atoms with Crippen molar-refractivity contribution in [1.29, 1.82) is 0 Å². The summed E-state index contributed by atoms with van der Waals surface area (Å²) < 4.78 is 27.7. The molecule has 1 aliphatic heterocycles. The first-order valence-electron chi connectivity index (χ1n) is 8.98. The van der Waals surface area contributed by atoms with Crippen molar-refractivity contribution in [3.63, 3.8) is 0 Å². The maximum absolute atomic E-state index is 13.0. The number of aromatic amines is 2. The third kappa shape index (κ3) is 2.66. The average molecular weight is 372 g/mol. The molecule has 6 nitrogen and oxygen atoms in total. The quantitative estimate of drug-likeness (QED) is 0.739. The highest BCUT2D eigenvalue weighted by Gasteiger charge is 2.34. The van der Waals surface area contributed by atoms with E-state index in [9.17, 15) is 8.42 Å². The fourth-order valence-corrected chi connectivity index (χ4v) is 6.06. The molecule has 3 aromatic rings. The molecule has 0 unspecified atom stereocenters. The fraction of sp³-hybridized carbons (Fsp3) is 0.421. The number of aryl methyl sites for hydroxylation is 3. The molecular formula is C19H24N4O2S. The number of nitrogens with one attached hydrogen (secondary N) is 2. The Balaban J connectivity index is 1.59. The number of H-pyrrole nitrogens is 2. The third-order valence-corrected chi connectivity index (χ3v) is 7.63. The fourth-order valence-electron chi connectivity index (χ4n) is 4.26. The lowest BCUT2D eigenvalue weighted by Gasteiger charge is -2.31. The number of hydrogen-bond acceptors (Lipinski definition) is 3. The van der Waals surface area contributed by atoms with Crippen LogP contribution in [0.4, 0.5) is 0 Å². The van der Waals surface area contributed by atoms with Crippen LogP contribution < -0.4 is 0 Å². The van der Waals surface area contributed by atoms with Crippen molar-refractivity contribution in [2.24, 2.45) is 0 Å². The molecule has 0 atom stereocenters. The maximum atomic E-state index is 13.0. The number of rotatable bonds is 3. The van der Waals surface area contributed by atoms with Gasteiger partial charge >= 0.3 is 0 Å². The molecule has 3 heterocycles. The Morgan fingerprint density at radius 3 is 2.42 bits per heavy atom. The summed E-state index contributed by atoms with van der Waals surface area (Å²) in [5, 5.41) is 8.08. The van der Waals surface area contributed by atoms with Crippen LogP contribution >= 0.6 is 0 Å². The van der Waals surface area contributed by atoms with Gasteiger partial charge in [-0.25, -0.2) is 8.42 Å². The van der Waals surface area contributed by atoms with E-state index < -0.39 is 10.0 Å². The Bertz CT molecular complexity index is 1040. The standard InChI is InChI=1S/C19H24N4O2S/c1-12-18(16-6-4-5-7-17(16)20-12)15-8-10-23(11-9-15)26(24,25)19-13(2)21-22-14(19)3/h4-7,15,20H,8-11H2,1-3H3,(H,21,22). The number of fused-ring (bicyclic) bond motifs is 1. The van der Waals surface area contributed by atoms with Gasteiger partial charge in [0.15, 0.2) is 0 Å². The first-order chi connectivity index (χ1) is 12.4. The zero-order chi connectivity index (χ0) is 18.5. The second kappa shape index (κ2) is 6.25. The molecule has 138 valence electrons. The zero-order valence-corrected chi connectivity index (χ0v) is 16.2. The van der Waals surface area contributed by atoms with Gasteiger partial charge < -0.3 is 4.98 Å². The number of hydrogen-bond donors (Lipinski definition) is 2. The molecule has 0 saturated carbocycles. The van der Waals surface area contributed by atoms with Crippen LogP contribution in [0.25, 0.3) is 10.9 Å². The summed E-state index contributed by atoms with van der Waals surface area (Å²) in [7, 11) is -3.49. The molecule has 4 rings (SSSR count). The van der Waals surface area contributed by atoms with E-state index >= 15 is 0 Å².